The van der Waals surface area contributed by atoms with Crippen LogP contribution < -0.4 is 5.32 Å². The molecule has 162 valence electrons. The molecular weight excluding hydrogens is 418 g/mol. The van der Waals surface area contributed by atoms with Gasteiger partial charge in [0, 0.05) is 18.5 Å². The standard InChI is InChI=1S/C26H25N3O2S/c1-26(25(31)27-17-20-10-6-3-7-11-20)18-28-22(16-21-13-15-32-24(21)28)23(30)29(26)14-12-19-8-4-2-5-9-19/h2-11,13,15-16H,12,14,17-18H2,1H3,(H,27,31). The second-order valence-electron chi connectivity index (χ2n) is 8.43. The van der Waals surface area contributed by atoms with Crippen molar-refractivity contribution in [2.45, 2.75) is 32.0 Å². The molecule has 0 fully saturated rings. The van der Waals surface area contributed by atoms with Gasteiger partial charge >= 0.3 is 0 Å². The van der Waals surface area contributed by atoms with Gasteiger partial charge in [-0.25, -0.2) is 0 Å². The van der Waals surface area contributed by atoms with Crippen LogP contribution >= 0.6 is 11.3 Å². The molecule has 5 nitrogen and oxygen atoms in total. The van der Waals surface area contributed by atoms with E-state index in [0.717, 1.165) is 21.3 Å². The van der Waals surface area contributed by atoms with E-state index in [0.29, 0.717) is 31.7 Å². The minimum atomic E-state index is -0.983. The number of hydrogen-bond acceptors (Lipinski definition) is 3. The van der Waals surface area contributed by atoms with Crippen LogP contribution in [0.15, 0.2) is 78.2 Å². The van der Waals surface area contributed by atoms with Gasteiger partial charge in [-0.1, -0.05) is 60.7 Å². The SMILES string of the molecule is CC1(C(=O)NCc2ccccc2)Cn2c(cc3ccsc32)C(=O)N1CCc1ccccc1. The van der Waals surface area contributed by atoms with E-state index in [4.69, 9.17) is 0 Å². The quantitative estimate of drug-likeness (QED) is 0.478. The summed E-state index contributed by atoms with van der Waals surface area (Å²) in [5.74, 6) is -0.222. The Labute approximate surface area is 191 Å². The van der Waals surface area contributed by atoms with E-state index < -0.39 is 5.54 Å². The number of rotatable bonds is 6. The molecule has 0 spiro atoms. The molecule has 1 N–H and O–H groups in total. The van der Waals surface area contributed by atoms with Gasteiger partial charge in [0.1, 0.15) is 16.1 Å². The molecule has 1 atom stereocenters. The molecule has 0 radical (unpaired) electrons. The van der Waals surface area contributed by atoms with Gasteiger partial charge in [-0.15, -0.1) is 11.3 Å². The number of thiophene rings is 1. The van der Waals surface area contributed by atoms with Gasteiger partial charge in [-0.2, -0.15) is 0 Å². The third-order valence-electron chi connectivity index (χ3n) is 6.28. The van der Waals surface area contributed by atoms with E-state index in [1.54, 1.807) is 16.2 Å². The van der Waals surface area contributed by atoms with E-state index in [2.05, 4.69) is 17.4 Å². The number of benzene rings is 2. The number of amides is 2. The van der Waals surface area contributed by atoms with Crippen molar-refractivity contribution in [3.63, 3.8) is 0 Å². The van der Waals surface area contributed by atoms with Crippen molar-refractivity contribution in [3.05, 3.63) is 95.0 Å². The Morgan fingerprint density at radius 2 is 1.72 bits per heavy atom. The van der Waals surface area contributed by atoms with Crippen LogP contribution in [0.25, 0.3) is 10.2 Å². The van der Waals surface area contributed by atoms with E-state index in [9.17, 15) is 9.59 Å². The van der Waals surface area contributed by atoms with E-state index in [-0.39, 0.29) is 11.8 Å². The lowest BCUT2D eigenvalue weighted by atomic mass is 9.94. The van der Waals surface area contributed by atoms with Crippen molar-refractivity contribution < 1.29 is 9.59 Å². The topological polar surface area (TPSA) is 54.3 Å². The lowest BCUT2D eigenvalue weighted by molar-refractivity contribution is -0.133. The fraction of sp³-hybridized carbons (Fsp3) is 0.231. The van der Waals surface area contributed by atoms with Gasteiger partial charge in [0.25, 0.3) is 5.91 Å². The van der Waals surface area contributed by atoms with Crippen molar-refractivity contribution in [2.24, 2.45) is 0 Å². The number of aromatic nitrogens is 1. The Balaban J connectivity index is 1.46. The molecule has 5 rings (SSSR count). The predicted molar refractivity (Wildman–Crippen MR) is 128 cm³/mol. The molecule has 3 heterocycles. The van der Waals surface area contributed by atoms with Crippen molar-refractivity contribution in [2.75, 3.05) is 6.54 Å². The highest BCUT2D eigenvalue weighted by Gasteiger charge is 2.47. The fourth-order valence-electron chi connectivity index (χ4n) is 4.46. The van der Waals surface area contributed by atoms with E-state index in [1.807, 2.05) is 77.5 Å². The van der Waals surface area contributed by atoms with Crippen molar-refractivity contribution in [3.8, 4) is 0 Å². The molecular formula is C26H25N3O2S. The van der Waals surface area contributed by atoms with Gasteiger partial charge in [-0.3, -0.25) is 9.59 Å². The number of fused-ring (bicyclic) bond motifs is 3. The van der Waals surface area contributed by atoms with Gasteiger partial charge < -0.3 is 14.8 Å². The van der Waals surface area contributed by atoms with Crippen LogP contribution in [0.3, 0.4) is 0 Å². The third kappa shape index (κ3) is 3.60. The first-order valence-electron chi connectivity index (χ1n) is 10.8. The highest BCUT2D eigenvalue weighted by molar-refractivity contribution is 7.16. The highest BCUT2D eigenvalue weighted by Crippen LogP contribution is 2.34. The summed E-state index contributed by atoms with van der Waals surface area (Å²) in [6.45, 7) is 3.24. The molecule has 2 aromatic carbocycles. The number of nitrogens with one attached hydrogen (secondary N) is 1. The number of carbonyl (C=O) groups excluding carboxylic acids is 2. The minimum Gasteiger partial charge on any atom is -0.350 e. The summed E-state index contributed by atoms with van der Waals surface area (Å²) in [5, 5.41) is 6.16. The maximum Gasteiger partial charge on any atom is 0.271 e. The summed E-state index contributed by atoms with van der Waals surface area (Å²) in [6, 6.07) is 23.9. The summed E-state index contributed by atoms with van der Waals surface area (Å²) in [7, 11) is 0. The van der Waals surface area contributed by atoms with Crippen LogP contribution in [0, 0.1) is 0 Å². The monoisotopic (exact) mass is 443 g/mol. The molecule has 1 aliphatic heterocycles. The molecule has 0 bridgehead atoms. The Hall–Kier alpha value is -3.38. The first kappa shape index (κ1) is 20.5. The molecule has 4 aromatic rings. The van der Waals surface area contributed by atoms with Gasteiger partial charge in [0.05, 0.1) is 6.54 Å². The predicted octanol–water partition coefficient (Wildman–Crippen LogP) is 4.48. The van der Waals surface area contributed by atoms with Gasteiger partial charge in [0.15, 0.2) is 0 Å². The first-order valence-corrected chi connectivity index (χ1v) is 11.7. The van der Waals surface area contributed by atoms with Crippen molar-refractivity contribution in [1.82, 2.24) is 14.8 Å². The number of nitrogens with zero attached hydrogens (tertiary/aromatic N) is 2. The van der Waals surface area contributed by atoms with Gasteiger partial charge in [0.2, 0.25) is 5.91 Å². The molecule has 6 heteroatoms. The van der Waals surface area contributed by atoms with Crippen LogP contribution in [-0.2, 0) is 24.3 Å². The molecule has 1 aliphatic rings. The Morgan fingerprint density at radius 3 is 2.44 bits per heavy atom. The molecule has 0 saturated heterocycles. The molecule has 2 amide bonds. The Morgan fingerprint density at radius 1 is 1.03 bits per heavy atom. The summed E-state index contributed by atoms with van der Waals surface area (Å²) < 4.78 is 2.02. The average molecular weight is 444 g/mol. The van der Waals surface area contributed by atoms with Crippen LogP contribution in [-0.4, -0.2) is 33.4 Å². The second-order valence-corrected chi connectivity index (χ2v) is 9.33. The number of hydrogen-bond donors (Lipinski definition) is 1. The third-order valence-corrected chi connectivity index (χ3v) is 7.23. The van der Waals surface area contributed by atoms with Crippen LogP contribution in [0.4, 0.5) is 0 Å². The lowest BCUT2D eigenvalue weighted by Gasteiger charge is -2.44. The van der Waals surface area contributed by atoms with Crippen LogP contribution in [0.5, 0.6) is 0 Å². The molecule has 32 heavy (non-hydrogen) atoms. The normalized spacial score (nSPS) is 18.0. The zero-order valence-electron chi connectivity index (χ0n) is 18.0. The first-order chi connectivity index (χ1) is 15.6. The van der Waals surface area contributed by atoms with E-state index >= 15 is 0 Å². The Kier molecular flexibility index (Phi) is 5.31. The maximum absolute atomic E-state index is 13.6. The highest BCUT2D eigenvalue weighted by atomic mass is 32.1. The van der Waals surface area contributed by atoms with Crippen molar-refractivity contribution >= 4 is 33.4 Å². The number of carbonyl (C=O) groups is 2. The van der Waals surface area contributed by atoms with Crippen LogP contribution in [0.1, 0.15) is 28.5 Å². The zero-order valence-corrected chi connectivity index (χ0v) is 18.8. The summed E-state index contributed by atoms with van der Waals surface area (Å²) in [5.41, 5.74) is 1.86. The Bertz CT molecular complexity index is 1260. The molecule has 0 saturated carbocycles. The lowest BCUT2D eigenvalue weighted by Crippen LogP contribution is -2.64. The van der Waals surface area contributed by atoms with E-state index in [1.165, 1.54) is 0 Å². The molecule has 2 aromatic heterocycles. The maximum atomic E-state index is 13.6. The second kappa shape index (κ2) is 8.28. The summed E-state index contributed by atoms with van der Waals surface area (Å²) >= 11 is 1.61. The fourth-order valence-corrected chi connectivity index (χ4v) is 5.36. The molecule has 1 unspecified atom stereocenters. The smallest absolute Gasteiger partial charge is 0.271 e. The summed E-state index contributed by atoms with van der Waals surface area (Å²) in [4.78, 5) is 30.0. The summed E-state index contributed by atoms with van der Waals surface area (Å²) in [6.07, 6.45) is 0.698. The molecule has 0 aliphatic carbocycles. The average Bonchev–Trinajstić information content (AvgIpc) is 3.41. The van der Waals surface area contributed by atoms with Crippen molar-refractivity contribution in [1.29, 1.82) is 0 Å². The largest absolute Gasteiger partial charge is 0.350 e. The van der Waals surface area contributed by atoms with Gasteiger partial charge in [-0.05, 0) is 42.0 Å². The van der Waals surface area contributed by atoms with Crippen LogP contribution in [0.2, 0.25) is 0 Å². The zero-order chi connectivity index (χ0) is 22.1. The minimum absolute atomic E-state index is 0.0899.